The Morgan fingerprint density at radius 2 is 1.94 bits per heavy atom. The second kappa shape index (κ2) is 8.09. The summed E-state index contributed by atoms with van der Waals surface area (Å²) in [7, 11) is 0. The first-order valence-electron chi connectivity index (χ1n) is 10.5. The quantitative estimate of drug-likeness (QED) is 0.359. The van der Waals surface area contributed by atoms with Gasteiger partial charge in [-0.25, -0.2) is 14.2 Å². The minimum absolute atomic E-state index is 0.207. The predicted octanol–water partition coefficient (Wildman–Crippen LogP) is 5.22. The van der Waals surface area contributed by atoms with Crippen LogP contribution in [-0.2, 0) is 24.4 Å². The van der Waals surface area contributed by atoms with E-state index in [0.717, 1.165) is 27.4 Å². The molecular formula is C25H22FN3O3. The van der Waals surface area contributed by atoms with Crippen LogP contribution in [0.2, 0.25) is 0 Å². The van der Waals surface area contributed by atoms with E-state index in [1.165, 1.54) is 6.07 Å². The number of nitrogens with zero attached hydrogens (tertiary/aromatic N) is 3. The number of carbonyl (C=O) groups is 1. The van der Waals surface area contributed by atoms with Gasteiger partial charge in [-0.05, 0) is 48.9 Å². The molecular weight excluding hydrogens is 409 g/mol. The molecule has 0 radical (unpaired) electrons. The molecule has 0 saturated heterocycles. The van der Waals surface area contributed by atoms with E-state index in [9.17, 15) is 9.18 Å². The highest BCUT2D eigenvalue weighted by Crippen LogP contribution is 2.31. The van der Waals surface area contributed by atoms with Crippen molar-refractivity contribution in [2.24, 2.45) is 0 Å². The van der Waals surface area contributed by atoms with Crippen LogP contribution >= 0.6 is 0 Å². The first-order valence-corrected chi connectivity index (χ1v) is 10.5. The van der Waals surface area contributed by atoms with E-state index in [4.69, 9.17) is 9.84 Å². The zero-order valence-corrected chi connectivity index (χ0v) is 17.6. The maximum absolute atomic E-state index is 14.4. The van der Waals surface area contributed by atoms with Gasteiger partial charge in [0, 0.05) is 29.4 Å². The number of rotatable bonds is 7. The number of halogens is 1. The third-order valence-electron chi connectivity index (χ3n) is 5.83. The lowest BCUT2D eigenvalue weighted by atomic mass is 10.1. The number of hydrogen-bond acceptors (Lipinski definition) is 3. The van der Waals surface area contributed by atoms with Crippen molar-refractivity contribution in [2.45, 2.75) is 26.6 Å². The maximum atomic E-state index is 14.4. The Hall–Kier alpha value is -3.71. The summed E-state index contributed by atoms with van der Waals surface area (Å²) >= 11 is 0. The van der Waals surface area contributed by atoms with E-state index in [1.54, 1.807) is 30.6 Å². The van der Waals surface area contributed by atoms with Gasteiger partial charge in [-0.3, -0.25) is 0 Å². The molecule has 0 saturated carbocycles. The van der Waals surface area contributed by atoms with Gasteiger partial charge in [0.2, 0.25) is 0 Å². The number of ether oxygens (including phenoxy) is 1. The molecule has 2 heterocycles. The van der Waals surface area contributed by atoms with Gasteiger partial charge in [-0.2, -0.15) is 0 Å². The number of hydrogen-bond donors (Lipinski definition) is 1. The highest BCUT2D eigenvalue weighted by molar-refractivity contribution is 6.08. The zero-order valence-electron chi connectivity index (χ0n) is 17.6. The Bertz CT molecular complexity index is 1470. The molecule has 0 aliphatic rings. The van der Waals surface area contributed by atoms with E-state index in [1.807, 2.05) is 34.3 Å². The Morgan fingerprint density at radius 1 is 1.09 bits per heavy atom. The van der Waals surface area contributed by atoms with Crippen molar-refractivity contribution >= 4 is 38.8 Å². The molecule has 0 bridgehead atoms. The summed E-state index contributed by atoms with van der Waals surface area (Å²) in [5.41, 5.74) is 4.42. The molecule has 0 amide bonds. The Balaban J connectivity index is 1.31. The number of carboxylic acid groups (broad SMARTS) is 1. The number of aromatic nitrogens is 3. The molecule has 32 heavy (non-hydrogen) atoms. The number of imidazole rings is 1. The van der Waals surface area contributed by atoms with Crippen LogP contribution in [0.25, 0.3) is 32.8 Å². The summed E-state index contributed by atoms with van der Waals surface area (Å²) < 4.78 is 24.3. The molecule has 2 aromatic heterocycles. The lowest BCUT2D eigenvalue weighted by Crippen LogP contribution is -2.05. The number of aromatic carboxylic acids is 1. The van der Waals surface area contributed by atoms with Gasteiger partial charge in [0.1, 0.15) is 5.82 Å². The molecule has 0 unspecified atom stereocenters. The van der Waals surface area contributed by atoms with Crippen molar-refractivity contribution in [2.75, 3.05) is 6.61 Å². The largest absolute Gasteiger partial charge is 0.478 e. The third-order valence-corrected chi connectivity index (χ3v) is 5.83. The van der Waals surface area contributed by atoms with Gasteiger partial charge < -0.3 is 19.0 Å². The molecule has 6 nitrogen and oxygen atoms in total. The van der Waals surface area contributed by atoms with E-state index in [0.29, 0.717) is 37.3 Å². The highest BCUT2D eigenvalue weighted by Gasteiger charge is 2.13. The summed E-state index contributed by atoms with van der Waals surface area (Å²) in [5, 5.41) is 11.0. The molecule has 0 aliphatic heterocycles. The normalized spacial score (nSPS) is 11.7. The summed E-state index contributed by atoms with van der Waals surface area (Å²) in [6, 6.07) is 16.2. The van der Waals surface area contributed by atoms with Crippen LogP contribution in [0.15, 0.2) is 60.9 Å². The standard InChI is InChI=1S/C25H22FN3O3/c1-2-29-22-8-6-16(12-19(22)18-4-3-5-20(26)24(18)29)14-32-11-10-28-15-27-21-13-17(25(30)31)7-9-23(21)28/h3-9,12-13,15H,2,10-11,14H2,1H3,(H,30,31). The minimum atomic E-state index is -0.966. The molecule has 0 fully saturated rings. The predicted molar refractivity (Wildman–Crippen MR) is 121 cm³/mol. The van der Waals surface area contributed by atoms with Crippen LogP contribution in [-0.4, -0.2) is 31.8 Å². The molecule has 1 N–H and O–H groups in total. The van der Waals surface area contributed by atoms with Crippen LogP contribution in [0.1, 0.15) is 22.8 Å². The highest BCUT2D eigenvalue weighted by atomic mass is 19.1. The molecule has 0 atom stereocenters. The van der Waals surface area contributed by atoms with Crippen molar-refractivity contribution < 1.29 is 19.0 Å². The molecule has 5 rings (SSSR count). The lowest BCUT2D eigenvalue weighted by molar-refractivity contribution is 0.0697. The van der Waals surface area contributed by atoms with Gasteiger partial charge in [-0.1, -0.05) is 18.2 Å². The van der Waals surface area contributed by atoms with Gasteiger partial charge in [-0.15, -0.1) is 0 Å². The van der Waals surface area contributed by atoms with Crippen molar-refractivity contribution in [3.8, 4) is 0 Å². The SMILES string of the molecule is CCn1c2ccc(COCCn3cnc4cc(C(=O)O)ccc43)cc2c2cccc(F)c21. The van der Waals surface area contributed by atoms with Crippen LogP contribution in [0.3, 0.4) is 0 Å². The van der Waals surface area contributed by atoms with Gasteiger partial charge in [0.25, 0.3) is 0 Å². The van der Waals surface area contributed by atoms with Crippen molar-refractivity contribution in [3.05, 3.63) is 77.9 Å². The average Bonchev–Trinajstić information content (AvgIpc) is 3.35. The lowest BCUT2D eigenvalue weighted by Gasteiger charge is -2.08. The number of carboxylic acids is 1. The second-order valence-corrected chi connectivity index (χ2v) is 7.73. The summed E-state index contributed by atoms with van der Waals surface area (Å²) in [4.78, 5) is 15.4. The Morgan fingerprint density at radius 3 is 2.75 bits per heavy atom. The average molecular weight is 431 g/mol. The molecule has 5 aromatic rings. The monoisotopic (exact) mass is 431 g/mol. The maximum Gasteiger partial charge on any atom is 0.335 e. The van der Waals surface area contributed by atoms with E-state index in [-0.39, 0.29) is 11.4 Å². The molecule has 3 aromatic carbocycles. The number of fused-ring (bicyclic) bond motifs is 4. The summed E-state index contributed by atoms with van der Waals surface area (Å²) in [6.07, 6.45) is 1.69. The molecule has 7 heteroatoms. The Labute approximate surface area is 183 Å². The van der Waals surface area contributed by atoms with Crippen molar-refractivity contribution in [1.29, 1.82) is 0 Å². The smallest absolute Gasteiger partial charge is 0.335 e. The fourth-order valence-electron chi connectivity index (χ4n) is 4.31. The van der Waals surface area contributed by atoms with E-state index in [2.05, 4.69) is 11.1 Å². The van der Waals surface area contributed by atoms with Crippen LogP contribution in [0.4, 0.5) is 4.39 Å². The summed E-state index contributed by atoms with van der Waals surface area (Å²) in [6.45, 7) is 4.25. The second-order valence-electron chi connectivity index (χ2n) is 7.73. The number of aryl methyl sites for hydroxylation is 1. The minimum Gasteiger partial charge on any atom is -0.478 e. The Kier molecular flexibility index (Phi) is 5.11. The van der Waals surface area contributed by atoms with E-state index >= 15 is 0 Å². The zero-order chi connectivity index (χ0) is 22.2. The first-order chi connectivity index (χ1) is 15.6. The van der Waals surface area contributed by atoms with Crippen LogP contribution < -0.4 is 0 Å². The van der Waals surface area contributed by atoms with Crippen LogP contribution in [0.5, 0.6) is 0 Å². The third kappa shape index (κ3) is 3.40. The van der Waals surface area contributed by atoms with E-state index < -0.39 is 5.97 Å². The number of benzene rings is 3. The van der Waals surface area contributed by atoms with Gasteiger partial charge in [0.05, 0.1) is 41.7 Å². The summed E-state index contributed by atoms with van der Waals surface area (Å²) in [5.74, 6) is -1.17. The van der Waals surface area contributed by atoms with Gasteiger partial charge >= 0.3 is 5.97 Å². The van der Waals surface area contributed by atoms with Crippen molar-refractivity contribution in [3.63, 3.8) is 0 Å². The topological polar surface area (TPSA) is 69.3 Å². The first kappa shape index (κ1) is 20.2. The molecule has 0 aliphatic carbocycles. The fraction of sp³-hybridized carbons (Fsp3) is 0.200. The fourth-order valence-corrected chi connectivity index (χ4v) is 4.31. The van der Waals surface area contributed by atoms with Gasteiger partial charge in [0.15, 0.2) is 0 Å². The van der Waals surface area contributed by atoms with Crippen LogP contribution in [0, 0.1) is 5.82 Å². The molecule has 162 valence electrons. The molecule has 0 spiro atoms. The van der Waals surface area contributed by atoms with Crippen molar-refractivity contribution in [1.82, 2.24) is 14.1 Å². The number of para-hydroxylation sites is 1.